The number of aromatic hydroxyl groups is 1. The highest BCUT2D eigenvalue weighted by Gasteiger charge is 2.27. The molecule has 0 amide bonds. The van der Waals surface area contributed by atoms with Crippen LogP contribution in [0.5, 0.6) is 5.75 Å². The lowest BCUT2D eigenvalue weighted by molar-refractivity contribution is 0.337. The summed E-state index contributed by atoms with van der Waals surface area (Å²) in [5.41, 5.74) is 2.41. The molecule has 0 bridgehead atoms. The van der Waals surface area contributed by atoms with Crippen LogP contribution >= 0.6 is 0 Å². The maximum Gasteiger partial charge on any atom is 0.208 e. The van der Waals surface area contributed by atoms with Gasteiger partial charge in [0.2, 0.25) is 5.82 Å². The van der Waals surface area contributed by atoms with Gasteiger partial charge in [0, 0.05) is 0 Å². The van der Waals surface area contributed by atoms with Crippen LogP contribution < -0.4 is 0 Å². The molecule has 0 saturated heterocycles. The van der Waals surface area contributed by atoms with Crippen molar-refractivity contribution < 1.29 is 5.11 Å². The lowest BCUT2D eigenvalue weighted by Gasteiger charge is -2.23. The number of hydrogen-bond acceptors (Lipinski definition) is 4. The van der Waals surface area contributed by atoms with Crippen LogP contribution in [0.2, 0.25) is 0 Å². The summed E-state index contributed by atoms with van der Waals surface area (Å²) in [5.74, 6) is 0.666. The Kier molecular flexibility index (Phi) is 4.83. The number of phenols is 1. The molecule has 3 aromatic rings. The van der Waals surface area contributed by atoms with Gasteiger partial charge in [-0.25, -0.2) is 0 Å². The highest BCUT2D eigenvalue weighted by molar-refractivity contribution is 5.67. The molecule has 0 aliphatic heterocycles. The van der Waals surface area contributed by atoms with Gasteiger partial charge < -0.3 is 5.11 Å². The lowest BCUT2D eigenvalue weighted by atomic mass is 9.95. The van der Waals surface area contributed by atoms with E-state index >= 15 is 0 Å². The van der Waals surface area contributed by atoms with Crippen LogP contribution in [0.3, 0.4) is 0 Å². The van der Waals surface area contributed by atoms with Crippen molar-refractivity contribution in [3.8, 4) is 17.1 Å². The molecular weight excluding hydrogens is 312 g/mol. The zero-order chi connectivity index (χ0) is 17.9. The van der Waals surface area contributed by atoms with Crippen LogP contribution in [0.4, 0.5) is 0 Å². The summed E-state index contributed by atoms with van der Waals surface area (Å²) in [5, 5.41) is 23.4. The van der Waals surface area contributed by atoms with E-state index in [2.05, 4.69) is 48.3 Å². The van der Waals surface area contributed by atoms with Gasteiger partial charge in [0.05, 0.1) is 5.56 Å². The molecule has 0 unspecified atom stereocenters. The average Bonchev–Trinajstić information content (AvgIpc) is 3.11. The smallest absolute Gasteiger partial charge is 0.208 e. The quantitative estimate of drug-likeness (QED) is 0.734. The number of unbranched alkanes of at least 4 members (excludes halogenated alkanes) is 1. The molecule has 0 aliphatic rings. The fourth-order valence-electron chi connectivity index (χ4n) is 2.93. The maximum atomic E-state index is 10.4. The number of tetrazole rings is 1. The summed E-state index contributed by atoms with van der Waals surface area (Å²) in [6.07, 6.45) is 3.03. The van der Waals surface area contributed by atoms with E-state index in [0.29, 0.717) is 11.4 Å². The van der Waals surface area contributed by atoms with Crippen molar-refractivity contribution in [2.45, 2.75) is 45.6 Å². The monoisotopic (exact) mass is 336 g/mol. The Morgan fingerprint density at radius 1 is 1.04 bits per heavy atom. The van der Waals surface area contributed by atoms with Crippen LogP contribution in [-0.2, 0) is 12.0 Å². The molecule has 0 atom stereocenters. The molecule has 0 fully saturated rings. The van der Waals surface area contributed by atoms with Crippen molar-refractivity contribution >= 4 is 0 Å². The first kappa shape index (κ1) is 17.1. The molecule has 5 heteroatoms. The van der Waals surface area contributed by atoms with Gasteiger partial charge in [-0.15, -0.1) is 10.2 Å². The van der Waals surface area contributed by atoms with Crippen molar-refractivity contribution in [1.82, 2.24) is 20.2 Å². The van der Waals surface area contributed by atoms with E-state index in [-0.39, 0.29) is 5.75 Å². The van der Waals surface area contributed by atoms with Crippen molar-refractivity contribution in [3.63, 3.8) is 0 Å². The molecule has 5 nitrogen and oxygen atoms in total. The van der Waals surface area contributed by atoms with Crippen molar-refractivity contribution in [1.29, 1.82) is 0 Å². The van der Waals surface area contributed by atoms with Crippen molar-refractivity contribution in [2.75, 3.05) is 0 Å². The summed E-state index contributed by atoms with van der Waals surface area (Å²) in [6.45, 7) is 6.26. The fourth-order valence-corrected chi connectivity index (χ4v) is 2.93. The number of rotatable bonds is 6. The van der Waals surface area contributed by atoms with Crippen LogP contribution in [0.25, 0.3) is 11.4 Å². The number of nitrogens with zero attached hydrogens (tertiary/aromatic N) is 4. The fraction of sp³-hybridized carbons (Fsp3) is 0.350. The second-order valence-corrected chi connectivity index (χ2v) is 6.74. The Labute approximate surface area is 148 Å². The van der Waals surface area contributed by atoms with E-state index in [1.165, 1.54) is 0 Å². The Morgan fingerprint density at radius 2 is 1.80 bits per heavy atom. The Bertz CT molecular complexity index is 840. The average molecular weight is 336 g/mol. The first-order valence-electron chi connectivity index (χ1n) is 8.71. The normalized spacial score (nSPS) is 11.6. The predicted molar refractivity (Wildman–Crippen MR) is 98.4 cm³/mol. The van der Waals surface area contributed by atoms with Gasteiger partial charge in [0.1, 0.15) is 11.3 Å². The van der Waals surface area contributed by atoms with E-state index < -0.39 is 5.54 Å². The summed E-state index contributed by atoms with van der Waals surface area (Å²) in [7, 11) is 0. The van der Waals surface area contributed by atoms with Crippen LogP contribution in [0.1, 0.15) is 44.7 Å². The van der Waals surface area contributed by atoms with Crippen molar-refractivity contribution in [3.05, 3.63) is 59.7 Å². The maximum absolute atomic E-state index is 10.4. The second kappa shape index (κ2) is 7.05. The summed E-state index contributed by atoms with van der Waals surface area (Å²) in [4.78, 5) is 1.62. The minimum atomic E-state index is -0.430. The molecule has 0 saturated carbocycles. The summed E-state index contributed by atoms with van der Waals surface area (Å²) < 4.78 is 0. The lowest BCUT2D eigenvalue weighted by Crippen LogP contribution is -2.30. The van der Waals surface area contributed by atoms with Gasteiger partial charge in [0.25, 0.3) is 0 Å². The van der Waals surface area contributed by atoms with Gasteiger partial charge in [0.15, 0.2) is 0 Å². The predicted octanol–water partition coefficient (Wildman–Crippen LogP) is 4.17. The molecule has 25 heavy (non-hydrogen) atoms. The zero-order valence-corrected chi connectivity index (χ0v) is 15.0. The molecule has 1 N–H and O–H groups in total. The van der Waals surface area contributed by atoms with Crippen molar-refractivity contribution in [2.24, 2.45) is 0 Å². The second-order valence-electron chi connectivity index (χ2n) is 6.74. The third-order valence-corrected chi connectivity index (χ3v) is 4.55. The topological polar surface area (TPSA) is 63.8 Å². The van der Waals surface area contributed by atoms with E-state index in [1.807, 2.05) is 30.3 Å². The number of aromatic nitrogens is 4. The highest BCUT2D eigenvalue weighted by atomic mass is 16.3. The SMILES string of the molecule is CCCCc1cccc(O)c1-c1nnn(C(C)(C)c2ccccc2)n1. The third kappa shape index (κ3) is 3.40. The molecular formula is C20H24N4O. The van der Waals surface area contributed by atoms with Crippen LogP contribution in [-0.4, -0.2) is 25.3 Å². The molecule has 0 spiro atoms. The summed E-state index contributed by atoms with van der Waals surface area (Å²) in [6, 6.07) is 15.7. The highest BCUT2D eigenvalue weighted by Crippen LogP contribution is 2.32. The molecule has 130 valence electrons. The van der Waals surface area contributed by atoms with E-state index in [9.17, 15) is 5.11 Å². The Morgan fingerprint density at radius 3 is 2.52 bits per heavy atom. The number of benzene rings is 2. The van der Waals surface area contributed by atoms with Gasteiger partial charge >= 0.3 is 0 Å². The largest absolute Gasteiger partial charge is 0.507 e. The Balaban J connectivity index is 2.00. The third-order valence-electron chi connectivity index (χ3n) is 4.55. The minimum Gasteiger partial charge on any atom is -0.507 e. The first-order chi connectivity index (χ1) is 12.0. The first-order valence-corrected chi connectivity index (χ1v) is 8.71. The van der Waals surface area contributed by atoms with E-state index in [4.69, 9.17) is 0 Å². The van der Waals surface area contributed by atoms with E-state index in [1.54, 1.807) is 10.9 Å². The standard InChI is InChI=1S/C20H24N4O/c1-4-5-10-15-11-9-14-17(25)18(15)19-21-23-24(22-19)20(2,3)16-12-7-6-8-13-16/h6-9,11-14,25H,4-5,10H2,1-3H3. The number of aryl methyl sites for hydroxylation is 1. The van der Waals surface area contributed by atoms with E-state index in [0.717, 1.165) is 30.4 Å². The van der Waals surface area contributed by atoms with Crippen LogP contribution in [0.15, 0.2) is 48.5 Å². The molecule has 1 heterocycles. The van der Waals surface area contributed by atoms with Crippen LogP contribution in [0, 0.1) is 0 Å². The summed E-state index contributed by atoms with van der Waals surface area (Å²) >= 11 is 0. The molecule has 2 aromatic carbocycles. The molecule has 1 aromatic heterocycles. The number of phenolic OH excluding ortho intramolecular Hbond substituents is 1. The Hall–Kier alpha value is -2.69. The zero-order valence-electron chi connectivity index (χ0n) is 15.0. The molecule has 0 aliphatic carbocycles. The molecule has 0 radical (unpaired) electrons. The van der Waals surface area contributed by atoms with Gasteiger partial charge in [-0.3, -0.25) is 0 Å². The van der Waals surface area contributed by atoms with Gasteiger partial charge in [-0.1, -0.05) is 55.8 Å². The number of hydrogen-bond donors (Lipinski definition) is 1. The van der Waals surface area contributed by atoms with Gasteiger partial charge in [-0.2, -0.15) is 4.80 Å². The van der Waals surface area contributed by atoms with Gasteiger partial charge in [-0.05, 0) is 49.1 Å². The minimum absolute atomic E-state index is 0.200. The molecule has 3 rings (SSSR count).